The van der Waals surface area contributed by atoms with E-state index in [4.69, 9.17) is 0 Å². The van der Waals surface area contributed by atoms with Gasteiger partial charge in [-0.05, 0) is 89.0 Å². The normalized spacial score (nSPS) is 11.3. The Balaban J connectivity index is 1.10. The highest BCUT2D eigenvalue weighted by Gasteiger charge is 2.08. The van der Waals surface area contributed by atoms with E-state index in [9.17, 15) is 0 Å². The Hall–Kier alpha value is -5.46. The average molecular weight is 533 g/mol. The third kappa shape index (κ3) is 4.35. The Bertz CT molecular complexity index is 2050. The fourth-order valence-electron chi connectivity index (χ4n) is 6.24. The van der Waals surface area contributed by atoms with Crippen LogP contribution in [0, 0.1) is 0 Å². The predicted octanol–water partition coefficient (Wildman–Crippen LogP) is 11.8. The first-order valence-corrected chi connectivity index (χ1v) is 14.5. The molecule has 8 aromatic rings. The van der Waals surface area contributed by atoms with Gasteiger partial charge in [0.1, 0.15) is 0 Å². The fourth-order valence-corrected chi connectivity index (χ4v) is 6.24. The van der Waals surface area contributed by atoms with Crippen molar-refractivity contribution in [3.05, 3.63) is 170 Å². The smallest absolute Gasteiger partial charge is 0.0105 e. The molecule has 0 aliphatic rings. The summed E-state index contributed by atoms with van der Waals surface area (Å²) < 4.78 is 0. The molecule has 0 atom stereocenters. The van der Waals surface area contributed by atoms with Gasteiger partial charge in [0.05, 0.1) is 0 Å². The van der Waals surface area contributed by atoms with Crippen molar-refractivity contribution in [2.45, 2.75) is 0 Å². The van der Waals surface area contributed by atoms with Crippen LogP contribution in [0.4, 0.5) is 0 Å². The lowest BCUT2D eigenvalue weighted by molar-refractivity contribution is 1.61. The highest BCUT2D eigenvalue weighted by atomic mass is 14.1. The maximum atomic E-state index is 2.32. The Morgan fingerprint density at radius 2 is 0.595 bits per heavy atom. The zero-order chi connectivity index (χ0) is 27.9. The molecule has 0 aliphatic carbocycles. The summed E-state index contributed by atoms with van der Waals surface area (Å²) in [4.78, 5) is 0. The molecule has 0 radical (unpaired) electrons. The molecule has 0 unspecified atom stereocenters. The minimum absolute atomic E-state index is 1.23. The summed E-state index contributed by atoms with van der Waals surface area (Å²) >= 11 is 0. The van der Waals surface area contributed by atoms with Gasteiger partial charge in [-0.2, -0.15) is 0 Å². The van der Waals surface area contributed by atoms with Gasteiger partial charge in [0, 0.05) is 0 Å². The highest BCUT2D eigenvalue weighted by molar-refractivity contribution is 5.98. The minimum atomic E-state index is 1.23. The molecule has 8 aromatic carbocycles. The summed E-state index contributed by atoms with van der Waals surface area (Å²) in [6.07, 6.45) is 0. The van der Waals surface area contributed by atoms with E-state index < -0.39 is 0 Å². The van der Waals surface area contributed by atoms with Crippen LogP contribution in [0.25, 0.3) is 76.8 Å². The Morgan fingerprint density at radius 3 is 1.07 bits per heavy atom. The second kappa shape index (κ2) is 10.2. The quantitative estimate of drug-likeness (QED) is 0.211. The molecule has 0 amide bonds. The molecule has 0 heterocycles. The zero-order valence-electron chi connectivity index (χ0n) is 23.2. The van der Waals surface area contributed by atoms with Crippen molar-refractivity contribution < 1.29 is 0 Å². The molecular weight excluding hydrogens is 504 g/mol. The van der Waals surface area contributed by atoms with E-state index in [0.717, 1.165) is 0 Å². The molecule has 0 saturated heterocycles. The molecule has 0 nitrogen and oxygen atoms in total. The van der Waals surface area contributed by atoms with Gasteiger partial charge in [-0.3, -0.25) is 0 Å². The van der Waals surface area contributed by atoms with E-state index in [-0.39, 0.29) is 0 Å². The van der Waals surface area contributed by atoms with E-state index in [0.29, 0.717) is 0 Å². The summed E-state index contributed by atoms with van der Waals surface area (Å²) in [5.41, 5.74) is 9.95. The lowest BCUT2D eigenvalue weighted by Gasteiger charge is -2.10. The van der Waals surface area contributed by atoms with Crippen molar-refractivity contribution >= 4 is 32.3 Å². The summed E-state index contributed by atoms with van der Waals surface area (Å²) in [7, 11) is 0. The van der Waals surface area contributed by atoms with E-state index in [2.05, 4.69) is 170 Å². The topological polar surface area (TPSA) is 0 Å². The van der Waals surface area contributed by atoms with Gasteiger partial charge in [0.25, 0.3) is 0 Å². The first-order chi connectivity index (χ1) is 20.8. The van der Waals surface area contributed by atoms with Crippen LogP contribution in [-0.2, 0) is 0 Å². The molecule has 42 heavy (non-hydrogen) atoms. The lowest BCUT2D eigenvalue weighted by Crippen LogP contribution is -1.85. The molecule has 0 fully saturated rings. The molecule has 0 aromatic heterocycles. The number of benzene rings is 8. The number of hydrogen-bond acceptors (Lipinski definition) is 0. The second-order valence-electron chi connectivity index (χ2n) is 11.0. The van der Waals surface area contributed by atoms with Gasteiger partial charge in [-0.25, -0.2) is 0 Å². The molecule has 0 N–H and O–H groups in total. The molecule has 0 aliphatic heterocycles. The Labute approximate surface area is 246 Å². The van der Waals surface area contributed by atoms with Gasteiger partial charge in [-0.15, -0.1) is 0 Å². The summed E-state index contributed by atoms with van der Waals surface area (Å²) in [5, 5.41) is 7.62. The molecule has 0 bridgehead atoms. The standard InChI is InChI=1S/C42H28/c1-3-11-39-32(7-1)9-5-13-41(39)34-21-15-29(16-22-34)36-25-19-31-20-26-37(28-38(31)27-36)30-17-23-35(24-18-30)42-14-6-10-33-8-2-4-12-40(33)42/h1-28H. The predicted molar refractivity (Wildman–Crippen MR) is 181 cm³/mol. The van der Waals surface area contributed by atoms with Crippen LogP contribution < -0.4 is 0 Å². The Kier molecular flexibility index (Phi) is 5.90. The van der Waals surface area contributed by atoms with Gasteiger partial charge in [0.15, 0.2) is 0 Å². The fraction of sp³-hybridized carbons (Fsp3) is 0. The van der Waals surface area contributed by atoms with Crippen LogP contribution in [0.3, 0.4) is 0 Å². The van der Waals surface area contributed by atoms with Gasteiger partial charge in [-0.1, -0.05) is 158 Å². The summed E-state index contributed by atoms with van der Waals surface area (Å²) in [6.45, 7) is 0. The first-order valence-electron chi connectivity index (χ1n) is 14.5. The van der Waals surface area contributed by atoms with Gasteiger partial charge in [0.2, 0.25) is 0 Å². The SMILES string of the molecule is c1ccc2c(-c3ccc(-c4ccc5ccc(-c6ccc(-c7cccc8ccccc78)cc6)cc5c4)cc3)cccc2c1. The molecule has 0 spiro atoms. The lowest BCUT2D eigenvalue weighted by atomic mass is 9.94. The van der Waals surface area contributed by atoms with E-state index in [1.54, 1.807) is 0 Å². The number of rotatable bonds is 4. The summed E-state index contributed by atoms with van der Waals surface area (Å²) in [6, 6.07) is 61.8. The minimum Gasteiger partial charge on any atom is -0.0616 e. The van der Waals surface area contributed by atoms with Crippen molar-refractivity contribution in [1.29, 1.82) is 0 Å². The van der Waals surface area contributed by atoms with Crippen LogP contribution in [0.1, 0.15) is 0 Å². The van der Waals surface area contributed by atoms with Gasteiger partial charge >= 0.3 is 0 Å². The maximum Gasteiger partial charge on any atom is -0.0105 e. The largest absolute Gasteiger partial charge is 0.0616 e. The maximum absolute atomic E-state index is 2.32. The number of hydrogen-bond donors (Lipinski definition) is 0. The van der Waals surface area contributed by atoms with Crippen LogP contribution in [-0.4, -0.2) is 0 Å². The zero-order valence-corrected chi connectivity index (χ0v) is 23.2. The van der Waals surface area contributed by atoms with Gasteiger partial charge < -0.3 is 0 Å². The second-order valence-corrected chi connectivity index (χ2v) is 11.0. The van der Waals surface area contributed by atoms with Crippen molar-refractivity contribution in [2.24, 2.45) is 0 Å². The highest BCUT2D eigenvalue weighted by Crippen LogP contribution is 2.34. The monoisotopic (exact) mass is 532 g/mol. The van der Waals surface area contributed by atoms with Crippen molar-refractivity contribution in [2.75, 3.05) is 0 Å². The Morgan fingerprint density at radius 1 is 0.214 bits per heavy atom. The average Bonchev–Trinajstić information content (AvgIpc) is 3.07. The van der Waals surface area contributed by atoms with E-state index >= 15 is 0 Å². The van der Waals surface area contributed by atoms with Crippen molar-refractivity contribution in [1.82, 2.24) is 0 Å². The first kappa shape index (κ1) is 24.3. The van der Waals surface area contributed by atoms with E-state index in [1.807, 2.05) is 0 Å². The third-order valence-corrected chi connectivity index (χ3v) is 8.48. The molecular formula is C42H28. The van der Waals surface area contributed by atoms with Crippen LogP contribution in [0.2, 0.25) is 0 Å². The van der Waals surface area contributed by atoms with Crippen molar-refractivity contribution in [3.8, 4) is 44.5 Å². The summed E-state index contributed by atoms with van der Waals surface area (Å²) in [5.74, 6) is 0. The van der Waals surface area contributed by atoms with Crippen molar-refractivity contribution in [3.63, 3.8) is 0 Å². The molecule has 0 saturated carbocycles. The molecule has 196 valence electrons. The molecule has 8 rings (SSSR count). The van der Waals surface area contributed by atoms with Crippen LogP contribution in [0.15, 0.2) is 170 Å². The molecule has 0 heteroatoms. The van der Waals surface area contributed by atoms with Crippen LogP contribution in [0.5, 0.6) is 0 Å². The third-order valence-electron chi connectivity index (χ3n) is 8.48. The number of fused-ring (bicyclic) bond motifs is 3. The van der Waals surface area contributed by atoms with E-state index in [1.165, 1.54) is 76.8 Å². The van der Waals surface area contributed by atoms with Crippen LogP contribution >= 0.6 is 0 Å².